The summed E-state index contributed by atoms with van der Waals surface area (Å²) in [5.41, 5.74) is -0.928. The fourth-order valence-corrected chi connectivity index (χ4v) is 1.94. The lowest BCUT2D eigenvalue weighted by Gasteiger charge is -2.16. The van der Waals surface area contributed by atoms with Gasteiger partial charge in [0.15, 0.2) is 17.4 Å². The molecule has 1 saturated heterocycles. The van der Waals surface area contributed by atoms with Crippen molar-refractivity contribution in [1.82, 2.24) is 5.32 Å². The Morgan fingerprint density at radius 2 is 1.90 bits per heavy atom. The Balaban J connectivity index is 2.23. The molecule has 2 atom stereocenters. The molecule has 0 aromatic heterocycles. The number of phenols is 1. The second-order valence-electron chi connectivity index (χ2n) is 4.44. The van der Waals surface area contributed by atoms with Crippen LogP contribution in [0.15, 0.2) is 6.07 Å². The van der Waals surface area contributed by atoms with Crippen LogP contribution in [0.4, 0.5) is 13.2 Å². The first-order chi connectivity index (χ1) is 9.82. The largest absolute Gasteiger partial charge is 0.503 e. The molecule has 1 fully saturated rings. The second kappa shape index (κ2) is 5.60. The fraction of sp³-hybridized carbons (Fsp3) is 0.333. The van der Waals surface area contributed by atoms with Gasteiger partial charge in [0.2, 0.25) is 5.82 Å². The second-order valence-corrected chi connectivity index (χ2v) is 4.44. The molecule has 1 aromatic carbocycles. The number of rotatable bonds is 3. The predicted molar refractivity (Wildman–Crippen MR) is 61.2 cm³/mol. The van der Waals surface area contributed by atoms with E-state index >= 15 is 0 Å². The minimum Gasteiger partial charge on any atom is -0.503 e. The van der Waals surface area contributed by atoms with E-state index in [1.54, 1.807) is 0 Å². The van der Waals surface area contributed by atoms with Crippen molar-refractivity contribution < 1.29 is 37.7 Å². The normalized spacial score (nSPS) is 21.3. The summed E-state index contributed by atoms with van der Waals surface area (Å²) < 4.78 is 44.5. The Morgan fingerprint density at radius 3 is 2.52 bits per heavy atom. The molecule has 6 nitrogen and oxygen atoms in total. The predicted octanol–water partition coefficient (Wildman–Crippen LogP) is 0.639. The topological polar surface area (TPSA) is 95.9 Å². The zero-order chi connectivity index (χ0) is 15.7. The van der Waals surface area contributed by atoms with Crippen molar-refractivity contribution >= 4 is 11.9 Å². The zero-order valence-corrected chi connectivity index (χ0v) is 10.4. The highest BCUT2D eigenvalue weighted by molar-refractivity contribution is 5.95. The van der Waals surface area contributed by atoms with E-state index in [-0.39, 0.29) is 19.3 Å². The van der Waals surface area contributed by atoms with Gasteiger partial charge in [-0.25, -0.2) is 8.78 Å². The number of hydrogen-bond donors (Lipinski definition) is 3. The molecule has 2 unspecified atom stereocenters. The van der Waals surface area contributed by atoms with Crippen molar-refractivity contribution in [2.75, 3.05) is 13.2 Å². The summed E-state index contributed by atoms with van der Waals surface area (Å²) >= 11 is 0. The molecule has 0 spiro atoms. The van der Waals surface area contributed by atoms with Crippen LogP contribution < -0.4 is 5.32 Å². The lowest BCUT2D eigenvalue weighted by molar-refractivity contribution is -0.142. The molecule has 3 N–H and O–H groups in total. The van der Waals surface area contributed by atoms with Gasteiger partial charge < -0.3 is 20.3 Å². The first-order valence-electron chi connectivity index (χ1n) is 5.80. The van der Waals surface area contributed by atoms with Gasteiger partial charge >= 0.3 is 5.97 Å². The van der Waals surface area contributed by atoms with Crippen LogP contribution in [0.5, 0.6) is 5.75 Å². The molecule has 114 valence electrons. The highest BCUT2D eigenvalue weighted by Gasteiger charge is 2.36. The molecule has 1 aliphatic heterocycles. The molecule has 2 rings (SSSR count). The minimum absolute atomic E-state index is 0.111. The van der Waals surface area contributed by atoms with E-state index in [1.807, 2.05) is 0 Å². The van der Waals surface area contributed by atoms with Crippen LogP contribution >= 0.6 is 0 Å². The van der Waals surface area contributed by atoms with Crippen molar-refractivity contribution in [2.45, 2.75) is 6.04 Å². The van der Waals surface area contributed by atoms with Gasteiger partial charge in [-0.1, -0.05) is 0 Å². The average molecular weight is 305 g/mol. The maximum absolute atomic E-state index is 13.6. The van der Waals surface area contributed by atoms with Gasteiger partial charge in [0.25, 0.3) is 5.91 Å². The Labute approximate surface area is 116 Å². The molecule has 21 heavy (non-hydrogen) atoms. The van der Waals surface area contributed by atoms with Gasteiger partial charge in [-0.2, -0.15) is 4.39 Å². The van der Waals surface area contributed by atoms with Gasteiger partial charge in [-0.15, -0.1) is 0 Å². The van der Waals surface area contributed by atoms with Crippen LogP contribution in [0.2, 0.25) is 0 Å². The third kappa shape index (κ3) is 2.77. The average Bonchev–Trinajstić information content (AvgIpc) is 2.88. The number of carbonyl (C=O) groups is 2. The summed E-state index contributed by atoms with van der Waals surface area (Å²) in [4.78, 5) is 22.7. The summed E-state index contributed by atoms with van der Waals surface area (Å²) in [7, 11) is 0. The SMILES string of the molecule is O=C(NC1COCC1C(=O)O)c1cc(F)c(F)c(O)c1F. The fourth-order valence-electron chi connectivity index (χ4n) is 1.94. The lowest BCUT2D eigenvalue weighted by atomic mass is 10.0. The van der Waals surface area contributed by atoms with Crippen LogP contribution in [0, 0.1) is 23.4 Å². The standard InChI is InChI=1S/C12H10F3NO5/c13-6-1-4(8(14)10(17)9(6)15)11(18)16-7-3-21-2-5(7)12(19)20/h1,5,7,17H,2-3H2,(H,16,18)(H,19,20). The molecule has 1 heterocycles. The van der Waals surface area contributed by atoms with E-state index in [9.17, 15) is 22.8 Å². The van der Waals surface area contributed by atoms with Crippen molar-refractivity contribution in [1.29, 1.82) is 0 Å². The first kappa shape index (κ1) is 15.1. The number of carboxylic acids is 1. The molecule has 1 aromatic rings. The summed E-state index contributed by atoms with van der Waals surface area (Å²) in [6.07, 6.45) is 0. The number of halogens is 3. The van der Waals surface area contributed by atoms with Crippen LogP contribution in [-0.2, 0) is 9.53 Å². The summed E-state index contributed by atoms with van der Waals surface area (Å²) in [5, 5.41) is 20.1. The number of hydrogen-bond acceptors (Lipinski definition) is 4. The molecular formula is C12H10F3NO5. The van der Waals surface area contributed by atoms with E-state index in [0.29, 0.717) is 0 Å². The van der Waals surface area contributed by atoms with Gasteiger partial charge in [-0.3, -0.25) is 9.59 Å². The number of amides is 1. The smallest absolute Gasteiger partial charge is 0.311 e. The number of phenolic OH excluding ortho intramolecular Hbond substituents is 1. The molecular weight excluding hydrogens is 295 g/mol. The number of aromatic hydroxyl groups is 1. The minimum atomic E-state index is -1.81. The van der Waals surface area contributed by atoms with E-state index in [1.165, 1.54) is 0 Å². The zero-order valence-electron chi connectivity index (χ0n) is 10.4. The first-order valence-corrected chi connectivity index (χ1v) is 5.80. The highest BCUT2D eigenvalue weighted by atomic mass is 19.2. The highest BCUT2D eigenvalue weighted by Crippen LogP contribution is 2.26. The number of aliphatic carboxylic acids is 1. The van der Waals surface area contributed by atoms with Crippen LogP contribution in [-0.4, -0.2) is 41.3 Å². The van der Waals surface area contributed by atoms with Gasteiger partial charge in [-0.05, 0) is 6.07 Å². The van der Waals surface area contributed by atoms with E-state index in [4.69, 9.17) is 14.9 Å². The van der Waals surface area contributed by atoms with Gasteiger partial charge in [0.1, 0.15) is 5.92 Å². The number of carboxylic acid groups (broad SMARTS) is 1. The number of carbonyl (C=O) groups excluding carboxylic acids is 1. The maximum Gasteiger partial charge on any atom is 0.311 e. The summed E-state index contributed by atoms with van der Waals surface area (Å²) in [5.74, 6) is -10.1. The van der Waals surface area contributed by atoms with Crippen LogP contribution in [0.3, 0.4) is 0 Å². The molecule has 9 heteroatoms. The van der Waals surface area contributed by atoms with E-state index in [2.05, 4.69) is 5.32 Å². The molecule has 0 saturated carbocycles. The Kier molecular flexibility index (Phi) is 4.03. The molecule has 0 aliphatic carbocycles. The number of ether oxygens (including phenoxy) is 1. The summed E-state index contributed by atoms with van der Waals surface area (Å²) in [6.45, 7) is -0.244. The van der Waals surface area contributed by atoms with Crippen LogP contribution in [0.1, 0.15) is 10.4 Å². The summed E-state index contributed by atoms with van der Waals surface area (Å²) in [6, 6.07) is -0.657. The Hall–Kier alpha value is -2.29. The lowest BCUT2D eigenvalue weighted by Crippen LogP contribution is -2.43. The van der Waals surface area contributed by atoms with E-state index in [0.717, 1.165) is 0 Å². The van der Waals surface area contributed by atoms with Crippen molar-refractivity contribution in [2.24, 2.45) is 5.92 Å². The molecule has 1 aliphatic rings. The maximum atomic E-state index is 13.6. The van der Waals surface area contributed by atoms with Gasteiger partial charge in [0, 0.05) is 0 Å². The van der Waals surface area contributed by atoms with Gasteiger partial charge in [0.05, 0.1) is 24.8 Å². The quantitative estimate of drug-likeness (QED) is 0.712. The molecule has 0 radical (unpaired) electrons. The molecule has 0 bridgehead atoms. The third-order valence-corrected chi connectivity index (χ3v) is 3.09. The van der Waals surface area contributed by atoms with Crippen molar-refractivity contribution in [3.63, 3.8) is 0 Å². The van der Waals surface area contributed by atoms with Crippen molar-refractivity contribution in [3.8, 4) is 5.75 Å². The Bertz CT molecular complexity index is 607. The number of nitrogens with one attached hydrogen (secondary N) is 1. The Morgan fingerprint density at radius 1 is 1.24 bits per heavy atom. The van der Waals surface area contributed by atoms with E-state index < -0.39 is 52.6 Å². The van der Waals surface area contributed by atoms with Crippen molar-refractivity contribution in [3.05, 3.63) is 29.1 Å². The van der Waals surface area contributed by atoms with Crippen LogP contribution in [0.25, 0.3) is 0 Å². The molecule has 1 amide bonds. The number of benzene rings is 1. The monoisotopic (exact) mass is 305 g/mol. The third-order valence-electron chi connectivity index (χ3n) is 3.09.